The van der Waals surface area contributed by atoms with E-state index in [-0.39, 0.29) is 11.9 Å². The molecule has 1 aliphatic heterocycles. The summed E-state index contributed by atoms with van der Waals surface area (Å²) in [7, 11) is 0. The number of hydrogen-bond donors (Lipinski definition) is 2. The summed E-state index contributed by atoms with van der Waals surface area (Å²) in [5.41, 5.74) is 0.543. The Morgan fingerprint density at radius 2 is 2.44 bits per heavy atom. The van der Waals surface area contributed by atoms with Crippen LogP contribution in [0.1, 0.15) is 6.42 Å². The molecule has 0 radical (unpaired) electrons. The second kappa shape index (κ2) is 3.68. The Labute approximate surface area is 92.0 Å². The lowest BCUT2D eigenvalue weighted by Crippen LogP contribution is -2.19. The second-order valence-corrected chi connectivity index (χ2v) is 3.90. The van der Waals surface area contributed by atoms with Crippen molar-refractivity contribution in [3.63, 3.8) is 0 Å². The van der Waals surface area contributed by atoms with Gasteiger partial charge in [-0.3, -0.25) is 0 Å². The lowest BCUT2D eigenvalue weighted by atomic mass is 10.2. The normalized spacial score (nSPS) is 20.4. The third-order valence-corrected chi connectivity index (χ3v) is 2.72. The molecular formula is C11H12N2O3. The largest absolute Gasteiger partial charge is 0.508 e. The summed E-state index contributed by atoms with van der Waals surface area (Å²) in [4.78, 5) is 0. The van der Waals surface area contributed by atoms with E-state index in [1.54, 1.807) is 12.1 Å². The van der Waals surface area contributed by atoms with E-state index in [0.717, 1.165) is 24.9 Å². The van der Waals surface area contributed by atoms with Crippen molar-refractivity contribution in [2.45, 2.75) is 12.5 Å². The number of ether oxygens (including phenoxy) is 1. The zero-order valence-corrected chi connectivity index (χ0v) is 8.64. The molecule has 2 N–H and O–H groups in total. The highest BCUT2D eigenvalue weighted by molar-refractivity contribution is 5.83. The first-order valence-electron chi connectivity index (χ1n) is 5.29. The van der Waals surface area contributed by atoms with E-state index in [2.05, 4.69) is 10.5 Å². The number of phenolic OH excluding ortho intramolecular Hbond substituents is 1. The van der Waals surface area contributed by atoms with E-state index < -0.39 is 0 Å². The van der Waals surface area contributed by atoms with Gasteiger partial charge in [-0.15, -0.1) is 0 Å². The van der Waals surface area contributed by atoms with Crippen LogP contribution in [0, 0.1) is 0 Å². The molecule has 0 aliphatic carbocycles. The zero-order valence-electron chi connectivity index (χ0n) is 8.64. The van der Waals surface area contributed by atoms with Gasteiger partial charge >= 0.3 is 0 Å². The van der Waals surface area contributed by atoms with Crippen molar-refractivity contribution in [1.29, 1.82) is 0 Å². The van der Waals surface area contributed by atoms with Gasteiger partial charge in [0.1, 0.15) is 11.9 Å². The molecule has 5 nitrogen and oxygen atoms in total. The maximum atomic E-state index is 9.29. The molecule has 0 bridgehead atoms. The Bertz CT molecular complexity index is 503. The molecule has 16 heavy (non-hydrogen) atoms. The van der Waals surface area contributed by atoms with Crippen LogP contribution in [-0.2, 0) is 0 Å². The third-order valence-electron chi connectivity index (χ3n) is 2.72. The predicted octanol–water partition coefficient (Wildman–Crippen LogP) is 1.27. The smallest absolute Gasteiger partial charge is 0.262 e. The Balaban J connectivity index is 1.91. The average Bonchev–Trinajstić information content (AvgIpc) is 2.89. The highest BCUT2D eigenvalue weighted by Gasteiger charge is 2.19. The average molecular weight is 220 g/mol. The van der Waals surface area contributed by atoms with Gasteiger partial charge in [0.2, 0.25) is 0 Å². The molecule has 1 saturated heterocycles. The summed E-state index contributed by atoms with van der Waals surface area (Å²) < 4.78 is 10.8. The first-order valence-corrected chi connectivity index (χ1v) is 5.29. The van der Waals surface area contributed by atoms with E-state index in [1.165, 1.54) is 6.07 Å². The quantitative estimate of drug-likeness (QED) is 0.797. The Hall–Kier alpha value is -1.75. The van der Waals surface area contributed by atoms with Gasteiger partial charge < -0.3 is 19.7 Å². The van der Waals surface area contributed by atoms with Crippen LogP contribution >= 0.6 is 0 Å². The Morgan fingerprint density at radius 1 is 1.50 bits per heavy atom. The van der Waals surface area contributed by atoms with Gasteiger partial charge in [-0.25, -0.2) is 0 Å². The molecule has 2 aromatic rings. The molecule has 1 atom stereocenters. The summed E-state index contributed by atoms with van der Waals surface area (Å²) >= 11 is 0. The lowest BCUT2D eigenvalue weighted by molar-refractivity contribution is 0.204. The van der Waals surface area contributed by atoms with Crippen molar-refractivity contribution in [2.24, 2.45) is 0 Å². The molecule has 0 saturated carbocycles. The van der Waals surface area contributed by atoms with Crippen molar-refractivity contribution in [2.75, 3.05) is 13.1 Å². The Morgan fingerprint density at radius 3 is 3.25 bits per heavy atom. The maximum absolute atomic E-state index is 9.29. The Kier molecular flexibility index (Phi) is 2.18. The molecule has 84 valence electrons. The fourth-order valence-electron chi connectivity index (χ4n) is 1.87. The van der Waals surface area contributed by atoms with Crippen molar-refractivity contribution in [1.82, 2.24) is 10.5 Å². The standard InChI is InChI=1S/C11H12N2O3/c14-7-1-2-9-10(5-7)16-13-11(9)15-8-3-4-12-6-8/h1-2,5,8,12,14H,3-4,6H2. The number of hydrogen-bond acceptors (Lipinski definition) is 5. The third kappa shape index (κ3) is 1.59. The van der Waals surface area contributed by atoms with Crippen LogP contribution in [0.25, 0.3) is 11.0 Å². The summed E-state index contributed by atoms with van der Waals surface area (Å²) in [6, 6.07) is 4.88. The summed E-state index contributed by atoms with van der Waals surface area (Å²) in [6.07, 6.45) is 1.13. The van der Waals surface area contributed by atoms with Gasteiger partial charge in [-0.05, 0) is 30.3 Å². The molecule has 1 unspecified atom stereocenters. The topological polar surface area (TPSA) is 67.5 Å². The molecule has 0 amide bonds. The minimum absolute atomic E-state index is 0.155. The number of benzene rings is 1. The number of phenols is 1. The predicted molar refractivity (Wildman–Crippen MR) is 57.6 cm³/mol. The molecule has 1 aromatic heterocycles. The minimum Gasteiger partial charge on any atom is -0.508 e. The molecule has 5 heteroatoms. The summed E-state index contributed by atoms with van der Waals surface area (Å²) in [5, 5.41) is 17.2. The van der Waals surface area contributed by atoms with E-state index in [0.29, 0.717) is 11.5 Å². The number of rotatable bonds is 2. The van der Waals surface area contributed by atoms with E-state index in [1.807, 2.05) is 0 Å². The van der Waals surface area contributed by atoms with Gasteiger partial charge in [-0.1, -0.05) is 0 Å². The summed E-state index contributed by atoms with van der Waals surface area (Å²) in [6.45, 7) is 1.81. The fraction of sp³-hybridized carbons (Fsp3) is 0.364. The van der Waals surface area contributed by atoms with E-state index in [4.69, 9.17) is 9.26 Å². The van der Waals surface area contributed by atoms with Crippen LogP contribution in [0.5, 0.6) is 11.6 Å². The number of nitrogens with zero attached hydrogens (tertiary/aromatic N) is 1. The van der Waals surface area contributed by atoms with Crippen LogP contribution in [-0.4, -0.2) is 29.5 Å². The van der Waals surface area contributed by atoms with Gasteiger partial charge in [0.05, 0.1) is 5.39 Å². The van der Waals surface area contributed by atoms with Crippen LogP contribution < -0.4 is 10.1 Å². The number of aromatic nitrogens is 1. The molecule has 1 fully saturated rings. The monoisotopic (exact) mass is 220 g/mol. The molecule has 0 spiro atoms. The molecule has 1 aliphatic rings. The van der Waals surface area contributed by atoms with Crippen molar-refractivity contribution < 1.29 is 14.4 Å². The van der Waals surface area contributed by atoms with Gasteiger partial charge in [-0.2, -0.15) is 0 Å². The number of aromatic hydroxyl groups is 1. The first-order chi connectivity index (χ1) is 7.83. The zero-order chi connectivity index (χ0) is 11.0. The number of fused-ring (bicyclic) bond motifs is 1. The lowest BCUT2D eigenvalue weighted by Gasteiger charge is -2.08. The van der Waals surface area contributed by atoms with Crippen molar-refractivity contribution in [3.05, 3.63) is 18.2 Å². The maximum Gasteiger partial charge on any atom is 0.262 e. The fourth-order valence-corrected chi connectivity index (χ4v) is 1.87. The van der Waals surface area contributed by atoms with E-state index in [9.17, 15) is 5.11 Å². The molecule has 1 aromatic carbocycles. The SMILES string of the molecule is Oc1ccc2c(OC3CCNC3)noc2c1. The van der Waals surface area contributed by atoms with Crippen LogP contribution in [0.15, 0.2) is 22.7 Å². The van der Waals surface area contributed by atoms with Gasteiger partial charge in [0, 0.05) is 12.6 Å². The molecular weight excluding hydrogens is 208 g/mol. The van der Waals surface area contributed by atoms with Crippen LogP contribution in [0.2, 0.25) is 0 Å². The second-order valence-electron chi connectivity index (χ2n) is 3.90. The van der Waals surface area contributed by atoms with Crippen LogP contribution in [0.3, 0.4) is 0 Å². The van der Waals surface area contributed by atoms with Crippen molar-refractivity contribution in [3.8, 4) is 11.6 Å². The molecule has 3 rings (SSSR count). The molecule has 2 heterocycles. The highest BCUT2D eigenvalue weighted by atomic mass is 16.5. The minimum atomic E-state index is 0.155. The van der Waals surface area contributed by atoms with Crippen LogP contribution in [0.4, 0.5) is 0 Å². The van der Waals surface area contributed by atoms with Crippen molar-refractivity contribution >= 4 is 11.0 Å². The summed E-state index contributed by atoms with van der Waals surface area (Å²) in [5.74, 6) is 0.668. The van der Waals surface area contributed by atoms with Gasteiger partial charge in [0.15, 0.2) is 5.58 Å². The van der Waals surface area contributed by atoms with E-state index >= 15 is 0 Å². The van der Waals surface area contributed by atoms with Gasteiger partial charge in [0.25, 0.3) is 5.88 Å². The highest BCUT2D eigenvalue weighted by Crippen LogP contribution is 2.28. The first kappa shape index (κ1) is 9.47. The number of nitrogens with one attached hydrogen (secondary N) is 1.